The van der Waals surface area contributed by atoms with E-state index in [4.69, 9.17) is 22.4 Å². The van der Waals surface area contributed by atoms with Crippen LogP contribution in [0.15, 0.2) is 18.2 Å². The fourth-order valence-electron chi connectivity index (χ4n) is 1.09. The topological polar surface area (TPSA) is 46.2 Å². The van der Waals surface area contributed by atoms with Gasteiger partial charge in [-0.2, -0.15) is 0 Å². The molecule has 1 aromatic carbocycles. The summed E-state index contributed by atoms with van der Waals surface area (Å²) >= 11 is 5.41. The first-order valence-corrected chi connectivity index (χ1v) is 4.46. The first-order chi connectivity index (χ1) is 6.90. The Morgan fingerprint density at radius 1 is 1.47 bits per heavy atom. The van der Waals surface area contributed by atoms with Crippen molar-refractivity contribution < 1.29 is 18.3 Å². The predicted octanol–water partition coefficient (Wildman–Crippen LogP) is 2.11. The van der Waals surface area contributed by atoms with Gasteiger partial charge in [0.15, 0.2) is 0 Å². The Morgan fingerprint density at radius 3 is 2.60 bits per heavy atom. The van der Waals surface area contributed by atoms with Gasteiger partial charge in [0, 0.05) is 5.56 Å². The lowest BCUT2D eigenvalue weighted by Crippen LogP contribution is -2.36. The van der Waals surface area contributed by atoms with Crippen LogP contribution in [0.2, 0.25) is 5.02 Å². The lowest BCUT2D eigenvalue weighted by molar-refractivity contribution is -0.0718. The molecule has 0 bridgehead atoms. The van der Waals surface area contributed by atoms with Gasteiger partial charge in [-0.3, -0.25) is 0 Å². The van der Waals surface area contributed by atoms with E-state index in [-0.39, 0.29) is 5.02 Å². The van der Waals surface area contributed by atoms with E-state index in [9.17, 15) is 13.2 Å². The number of aliphatic hydroxyl groups excluding tert-OH is 1. The zero-order valence-electron chi connectivity index (χ0n) is 7.55. The third kappa shape index (κ3) is 2.42. The maximum Gasteiger partial charge on any atom is 0.289 e. The molecule has 0 aliphatic rings. The third-order valence-corrected chi connectivity index (χ3v) is 2.27. The Bertz CT molecular complexity index is 359. The summed E-state index contributed by atoms with van der Waals surface area (Å²) in [6.45, 7) is -1.44. The van der Waals surface area contributed by atoms with Crippen molar-refractivity contribution in [3.8, 4) is 0 Å². The molecule has 0 heterocycles. The van der Waals surface area contributed by atoms with Gasteiger partial charge in [-0.15, -0.1) is 0 Å². The number of alkyl halides is 2. The standard InChI is InChI=1S/C9H9ClF3NO/c10-6-3-1-2-5(7(6)11)8(14)9(12,13)4-15/h1-3,8,15H,4,14H2/t8-/m0/s1. The van der Waals surface area contributed by atoms with E-state index in [1.54, 1.807) is 0 Å². The van der Waals surface area contributed by atoms with Gasteiger partial charge in [-0.1, -0.05) is 23.7 Å². The van der Waals surface area contributed by atoms with Crippen molar-refractivity contribution in [2.75, 3.05) is 6.61 Å². The minimum atomic E-state index is -3.58. The van der Waals surface area contributed by atoms with Crippen LogP contribution in [0.25, 0.3) is 0 Å². The number of rotatable bonds is 3. The number of halogens is 4. The van der Waals surface area contributed by atoms with Crippen molar-refractivity contribution in [2.45, 2.75) is 12.0 Å². The van der Waals surface area contributed by atoms with E-state index >= 15 is 0 Å². The third-order valence-electron chi connectivity index (χ3n) is 1.98. The molecule has 0 amide bonds. The van der Waals surface area contributed by atoms with Crippen LogP contribution in [0, 0.1) is 5.82 Å². The van der Waals surface area contributed by atoms with Gasteiger partial charge in [-0.05, 0) is 6.07 Å². The Hall–Kier alpha value is -0.780. The summed E-state index contributed by atoms with van der Waals surface area (Å²) < 4.78 is 39.2. The van der Waals surface area contributed by atoms with Crippen LogP contribution in [0.3, 0.4) is 0 Å². The first-order valence-electron chi connectivity index (χ1n) is 4.08. The number of nitrogens with two attached hydrogens (primary N) is 1. The van der Waals surface area contributed by atoms with Crippen molar-refractivity contribution in [3.05, 3.63) is 34.6 Å². The molecule has 2 nitrogen and oxygen atoms in total. The van der Waals surface area contributed by atoms with E-state index < -0.39 is 30.0 Å². The first kappa shape index (κ1) is 12.3. The minimum Gasteiger partial charge on any atom is -0.390 e. The van der Waals surface area contributed by atoms with Gasteiger partial charge in [0.1, 0.15) is 12.4 Å². The SMILES string of the molecule is N[C@@H](c1cccc(Cl)c1F)C(F)(F)CO. The largest absolute Gasteiger partial charge is 0.390 e. The van der Waals surface area contributed by atoms with Crippen LogP contribution in [0.4, 0.5) is 13.2 Å². The summed E-state index contributed by atoms with van der Waals surface area (Å²) in [7, 11) is 0. The highest BCUT2D eigenvalue weighted by atomic mass is 35.5. The van der Waals surface area contributed by atoms with Crippen molar-refractivity contribution in [1.82, 2.24) is 0 Å². The van der Waals surface area contributed by atoms with Crippen LogP contribution in [-0.4, -0.2) is 17.6 Å². The van der Waals surface area contributed by atoms with E-state index in [1.807, 2.05) is 0 Å². The lowest BCUT2D eigenvalue weighted by atomic mass is 10.0. The molecule has 0 saturated heterocycles. The highest BCUT2D eigenvalue weighted by Gasteiger charge is 2.38. The van der Waals surface area contributed by atoms with Gasteiger partial charge >= 0.3 is 0 Å². The molecule has 0 unspecified atom stereocenters. The molecule has 0 aliphatic carbocycles. The molecule has 15 heavy (non-hydrogen) atoms. The van der Waals surface area contributed by atoms with Crippen molar-refractivity contribution in [2.24, 2.45) is 5.73 Å². The lowest BCUT2D eigenvalue weighted by Gasteiger charge is -2.22. The highest BCUT2D eigenvalue weighted by molar-refractivity contribution is 6.30. The van der Waals surface area contributed by atoms with Gasteiger partial charge in [0.2, 0.25) is 0 Å². The Balaban J connectivity index is 3.12. The molecule has 0 radical (unpaired) electrons. The highest BCUT2D eigenvalue weighted by Crippen LogP contribution is 2.32. The molecule has 0 aromatic heterocycles. The average Bonchev–Trinajstić information content (AvgIpc) is 2.21. The molecule has 3 N–H and O–H groups in total. The molecular formula is C9H9ClF3NO. The van der Waals surface area contributed by atoms with E-state index in [0.717, 1.165) is 6.07 Å². The van der Waals surface area contributed by atoms with Gasteiger partial charge in [0.05, 0.1) is 11.1 Å². The fourth-order valence-corrected chi connectivity index (χ4v) is 1.27. The molecule has 0 saturated carbocycles. The summed E-state index contributed by atoms with van der Waals surface area (Å²) in [5.74, 6) is -4.56. The molecule has 1 atom stereocenters. The molecule has 0 aliphatic heterocycles. The molecule has 0 fully saturated rings. The van der Waals surface area contributed by atoms with Crippen LogP contribution in [0.5, 0.6) is 0 Å². The van der Waals surface area contributed by atoms with E-state index in [2.05, 4.69) is 0 Å². The summed E-state index contributed by atoms with van der Waals surface area (Å²) in [6.07, 6.45) is 0. The minimum absolute atomic E-state index is 0.281. The second kappa shape index (κ2) is 4.38. The molecule has 0 spiro atoms. The maximum atomic E-state index is 13.3. The predicted molar refractivity (Wildman–Crippen MR) is 50.4 cm³/mol. The van der Waals surface area contributed by atoms with Crippen LogP contribution >= 0.6 is 11.6 Å². The van der Waals surface area contributed by atoms with Crippen LogP contribution in [-0.2, 0) is 0 Å². The fraction of sp³-hybridized carbons (Fsp3) is 0.333. The van der Waals surface area contributed by atoms with Crippen molar-refractivity contribution >= 4 is 11.6 Å². The van der Waals surface area contributed by atoms with Gasteiger partial charge < -0.3 is 10.8 Å². The number of hydrogen-bond acceptors (Lipinski definition) is 2. The molecule has 84 valence electrons. The summed E-state index contributed by atoms with van der Waals surface area (Å²) in [5.41, 5.74) is 4.73. The number of hydrogen-bond donors (Lipinski definition) is 2. The smallest absolute Gasteiger partial charge is 0.289 e. The maximum absolute atomic E-state index is 13.3. The Kier molecular flexibility index (Phi) is 3.59. The van der Waals surface area contributed by atoms with Crippen LogP contribution in [0.1, 0.15) is 11.6 Å². The number of aliphatic hydroxyl groups is 1. The van der Waals surface area contributed by atoms with Gasteiger partial charge in [0.25, 0.3) is 5.92 Å². The average molecular weight is 240 g/mol. The normalized spacial score (nSPS) is 14.0. The zero-order chi connectivity index (χ0) is 11.6. The van der Waals surface area contributed by atoms with E-state index in [1.165, 1.54) is 12.1 Å². The summed E-state index contributed by atoms with van der Waals surface area (Å²) in [5, 5.41) is 8.12. The Morgan fingerprint density at radius 2 is 2.07 bits per heavy atom. The van der Waals surface area contributed by atoms with Crippen molar-refractivity contribution in [1.29, 1.82) is 0 Å². The summed E-state index contributed by atoms with van der Waals surface area (Å²) in [6, 6.07) is 1.73. The monoisotopic (exact) mass is 239 g/mol. The molecule has 1 aromatic rings. The summed E-state index contributed by atoms with van der Waals surface area (Å²) in [4.78, 5) is 0. The zero-order valence-corrected chi connectivity index (χ0v) is 8.31. The molecule has 1 rings (SSSR count). The molecular weight excluding hydrogens is 231 g/mol. The quantitative estimate of drug-likeness (QED) is 0.849. The van der Waals surface area contributed by atoms with Gasteiger partial charge in [-0.25, -0.2) is 13.2 Å². The van der Waals surface area contributed by atoms with Crippen LogP contribution < -0.4 is 5.73 Å². The number of benzene rings is 1. The van der Waals surface area contributed by atoms with Crippen molar-refractivity contribution in [3.63, 3.8) is 0 Å². The second-order valence-corrected chi connectivity index (χ2v) is 3.45. The second-order valence-electron chi connectivity index (χ2n) is 3.04. The molecule has 6 heteroatoms. The Labute approximate surface area is 89.5 Å². The van der Waals surface area contributed by atoms with E-state index in [0.29, 0.717) is 0 Å².